The molecule has 0 aliphatic heterocycles. The first-order valence-corrected chi connectivity index (χ1v) is 7.43. The van der Waals surface area contributed by atoms with Gasteiger partial charge >= 0.3 is 0 Å². The molecule has 0 aliphatic rings. The van der Waals surface area contributed by atoms with Crippen LogP contribution in [0.3, 0.4) is 0 Å². The molecule has 0 amide bonds. The molecular weight excluding hydrogens is 331 g/mol. The van der Waals surface area contributed by atoms with Gasteiger partial charge in [0.2, 0.25) is 0 Å². The first-order chi connectivity index (χ1) is 10.2. The fraction of sp³-hybridized carbons (Fsp3) is 0.0588. The smallest absolute Gasteiger partial charge is 0.123 e. The zero-order chi connectivity index (χ0) is 14.7. The van der Waals surface area contributed by atoms with Gasteiger partial charge in [0.15, 0.2) is 0 Å². The van der Waals surface area contributed by atoms with Gasteiger partial charge in [0.1, 0.15) is 5.82 Å². The summed E-state index contributed by atoms with van der Waals surface area (Å²) in [7, 11) is 0. The summed E-state index contributed by atoms with van der Waals surface area (Å²) < 4.78 is 16.2. The summed E-state index contributed by atoms with van der Waals surface area (Å²) >= 11 is 3.44. The molecule has 21 heavy (non-hydrogen) atoms. The van der Waals surface area contributed by atoms with Crippen molar-refractivity contribution in [2.75, 3.05) is 5.32 Å². The third kappa shape index (κ3) is 3.34. The lowest BCUT2D eigenvalue weighted by Gasteiger charge is -2.10. The zero-order valence-electron chi connectivity index (χ0n) is 11.3. The van der Waals surface area contributed by atoms with E-state index in [9.17, 15) is 4.39 Å². The predicted molar refractivity (Wildman–Crippen MR) is 87.2 cm³/mol. The summed E-state index contributed by atoms with van der Waals surface area (Å²) in [5.74, 6) is -0.226. The van der Waals surface area contributed by atoms with Gasteiger partial charge in [-0.2, -0.15) is 0 Å². The normalized spacial score (nSPS) is 10.6. The first kappa shape index (κ1) is 13.9. The van der Waals surface area contributed by atoms with Crippen molar-refractivity contribution in [3.8, 4) is 5.69 Å². The van der Waals surface area contributed by atoms with Crippen molar-refractivity contribution in [3.05, 3.63) is 82.8 Å². The molecule has 0 saturated carbocycles. The molecule has 1 aromatic heterocycles. The van der Waals surface area contributed by atoms with Crippen molar-refractivity contribution in [1.82, 2.24) is 4.57 Å². The highest BCUT2D eigenvalue weighted by Gasteiger charge is 2.03. The van der Waals surface area contributed by atoms with Crippen LogP contribution < -0.4 is 5.32 Å². The Kier molecular flexibility index (Phi) is 4.06. The van der Waals surface area contributed by atoms with E-state index in [-0.39, 0.29) is 5.82 Å². The Morgan fingerprint density at radius 3 is 2.62 bits per heavy atom. The second-order valence-corrected chi connectivity index (χ2v) is 5.58. The van der Waals surface area contributed by atoms with E-state index in [4.69, 9.17) is 0 Å². The van der Waals surface area contributed by atoms with Crippen LogP contribution in [0.15, 0.2) is 71.5 Å². The second kappa shape index (κ2) is 6.14. The van der Waals surface area contributed by atoms with E-state index in [1.165, 1.54) is 12.1 Å². The van der Waals surface area contributed by atoms with Crippen LogP contribution in [0, 0.1) is 5.82 Å². The standard InChI is InChI=1S/C17H14BrFN2/c18-17-7-6-14(19)10-13(17)12-20-15-4-3-5-16(11-15)21-8-1-2-9-21/h1-11,20H,12H2. The van der Waals surface area contributed by atoms with E-state index in [0.29, 0.717) is 6.54 Å². The number of anilines is 1. The molecule has 0 saturated heterocycles. The maximum atomic E-state index is 13.3. The molecule has 0 unspecified atom stereocenters. The molecule has 2 aromatic carbocycles. The molecule has 0 aliphatic carbocycles. The van der Waals surface area contributed by atoms with Crippen LogP contribution in [0.4, 0.5) is 10.1 Å². The summed E-state index contributed by atoms with van der Waals surface area (Å²) in [5, 5.41) is 3.32. The van der Waals surface area contributed by atoms with Crippen LogP contribution in [0.1, 0.15) is 5.56 Å². The van der Waals surface area contributed by atoms with Gasteiger partial charge in [-0.1, -0.05) is 22.0 Å². The van der Waals surface area contributed by atoms with Gasteiger partial charge < -0.3 is 9.88 Å². The summed E-state index contributed by atoms with van der Waals surface area (Å²) in [6, 6.07) is 16.8. The molecule has 0 fully saturated rings. The predicted octanol–water partition coefficient (Wildman–Crippen LogP) is 4.99. The molecule has 3 aromatic rings. The molecule has 0 bridgehead atoms. The largest absolute Gasteiger partial charge is 0.381 e. The van der Waals surface area contributed by atoms with E-state index < -0.39 is 0 Å². The molecular formula is C17H14BrFN2. The average molecular weight is 345 g/mol. The number of nitrogens with zero attached hydrogens (tertiary/aromatic N) is 1. The number of rotatable bonds is 4. The number of benzene rings is 2. The van der Waals surface area contributed by atoms with Crippen LogP contribution in [0.2, 0.25) is 0 Å². The summed E-state index contributed by atoms with van der Waals surface area (Å²) in [6.45, 7) is 0.563. The van der Waals surface area contributed by atoms with Crippen molar-refractivity contribution >= 4 is 21.6 Å². The molecule has 0 atom stereocenters. The molecule has 1 heterocycles. The van der Waals surface area contributed by atoms with E-state index in [1.807, 2.05) is 47.3 Å². The Hall–Kier alpha value is -2.07. The first-order valence-electron chi connectivity index (χ1n) is 6.63. The van der Waals surface area contributed by atoms with Gasteiger partial charge in [-0.05, 0) is 54.1 Å². The lowest BCUT2D eigenvalue weighted by molar-refractivity contribution is 0.625. The Balaban J connectivity index is 1.76. The van der Waals surface area contributed by atoms with E-state index >= 15 is 0 Å². The van der Waals surface area contributed by atoms with Crippen LogP contribution in [0.5, 0.6) is 0 Å². The van der Waals surface area contributed by atoms with Gasteiger partial charge in [-0.15, -0.1) is 0 Å². The number of halogens is 2. The SMILES string of the molecule is Fc1ccc(Br)c(CNc2cccc(-n3cccc3)c2)c1. The van der Waals surface area contributed by atoms with Crippen molar-refractivity contribution in [3.63, 3.8) is 0 Å². The van der Waals surface area contributed by atoms with Crippen molar-refractivity contribution in [2.45, 2.75) is 6.54 Å². The minimum atomic E-state index is -0.226. The van der Waals surface area contributed by atoms with Crippen LogP contribution in [-0.4, -0.2) is 4.57 Å². The highest BCUT2D eigenvalue weighted by molar-refractivity contribution is 9.10. The summed E-state index contributed by atoms with van der Waals surface area (Å²) in [4.78, 5) is 0. The fourth-order valence-corrected chi connectivity index (χ4v) is 2.55. The number of aromatic nitrogens is 1. The lowest BCUT2D eigenvalue weighted by atomic mass is 10.2. The van der Waals surface area contributed by atoms with Crippen molar-refractivity contribution in [1.29, 1.82) is 0 Å². The third-order valence-corrected chi connectivity index (χ3v) is 4.01. The Labute approximate surface area is 131 Å². The van der Waals surface area contributed by atoms with Crippen molar-refractivity contribution in [2.24, 2.45) is 0 Å². The lowest BCUT2D eigenvalue weighted by Crippen LogP contribution is -2.01. The number of hydrogen-bond donors (Lipinski definition) is 1. The number of hydrogen-bond acceptors (Lipinski definition) is 1. The van der Waals surface area contributed by atoms with E-state index in [0.717, 1.165) is 21.4 Å². The van der Waals surface area contributed by atoms with Gasteiger partial charge in [0.05, 0.1) is 0 Å². The molecule has 106 valence electrons. The Morgan fingerprint density at radius 2 is 1.81 bits per heavy atom. The summed E-state index contributed by atoms with van der Waals surface area (Å²) in [6.07, 6.45) is 4.00. The maximum absolute atomic E-state index is 13.3. The second-order valence-electron chi connectivity index (χ2n) is 4.73. The third-order valence-electron chi connectivity index (χ3n) is 3.24. The minimum Gasteiger partial charge on any atom is -0.381 e. The monoisotopic (exact) mass is 344 g/mol. The van der Waals surface area contributed by atoms with Gasteiger partial charge in [-0.25, -0.2) is 4.39 Å². The quantitative estimate of drug-likeness (QED) is 0.705. The highest BCUT2D eigenvalue weighted by Crippen LogP contribution is 2.20. The molecule has 4 heteroatoms. The van der Waals surface area contributed by atoms with Crippen LogP contribution in [0.25, 0.3) is 5.69 Å². The molecule has 2 nitrogen and oxygen atoms in total. The Morgan fingerprint density at radius 1 is 1.00 bits per heavy atom. The highest BCUT2D eigenvalue weighted by atomic mass is 79.9. The maximum Gasteiger partial charge on any atom is 0.123 e. The van der Waals surface area contributed by atoms with Crippen molar-refractivity contribution < 1.29 is 4.39 Å². The van der Waals surface area contributed by atoms with Crippen LogP contribution in [-0.2, 0) is 6.54 Å². The van der Waals surface area contributed by atoms with Gasteiger partial charge in [-0.3, -0.25) is 0 Å². The minimum absolute atomic E-state index is 0.226. The van der Waals surface area contributed by atoms with E-state index in [1.54, 1.807) is 6.07 Å². The molecule has 0 radical (unpaired) electrons. The van der Waals surface area contributed by atoms with E-state index in [2.05, 4.69) is 27.3 Å². The topological polar surface area (TPSA) is 17.0 Å². The molecule has 0 spiro atoms. The summed E-state index contributed by atoms with van der Waals surface area (Å²) in [5.41, 5.74) is 2.97. The molecule has 1 N–H and O–H groups in total. The molecule has 3 rings (SSSR count). The number of nitrogens with one attached hydrogen (secondary N) is 1. The zero-order valence-corrected chi connectivity index (χ0v) is 12.8. The van der Waals surface area contributed by atoms with Crippen LogP contribution >= 0.6 is 15.9 Å². The van der Waals surface area contributed by atoms with Gasteiger partial charge in [0.25, 0.3) is 0 Å². The Bertz CT molecular complexity index is 738. The van der Waals surface area contributed by atoms with Gasteiger partial charge in [0, 0.05) is 34.8 Å². The fourth-order valence-electron chi connectivity index (χ4n) is 2.16. The average Bonchev–Trinajstić information content (AvgIpc) is 3.03.